The Labute approximate surface area is 74.3 Å². The molecule has 3 heteroatoms. The van der Waals surface area contributed by atoms with E-state index in [-0.39, 0.29) is 0 Å². The summed E-state index contributed by atoms with van der Waals surface area (Å²) in [5.41, 5.74) is 0. The Morgan fingerprint density at radius 3 is 2.17 bits per heavy atom. The quantitative estimate of drug-likeness (QED) is 0.392. The van der Waals surface area contributed by atoms with Crippen molar-refractivity contribution >= 4 is 0 Å². The normalized spacial score (nSPS) is 9.75. The predicted molar refractivity (Wildman–Crippen MR) is 48.1 cm³/mol. The summed E-state index contributed by atoms with van der Waals surface area (Å²) in [4.78, 5) is 0. The molecule has 0 aromatic carbocycles. The lowest BCUT2D eigenvalue weighted by atomic mass is 10.5. The zero-order valence-electron chi connectivity index (χ0n) is 7.75. The Balaban J connectivity index is 2.77. The number of rotatable bonds is 9. The van der Waals surface area contributed by atoms with Crippen LogP contribution in [0.1, 0.15) is 13.3 Å². The molecule has 0 radical (unpaired) electrons. The van der Waals surface area contributed by atoms with Gasteiger partial charge >= 0.3 is 0 Å². The summed E-state index contributed by atoms with van der Waals surface area (Å²) in [6, 6.07) is 0. The molecule has 0 fully saturated rings. The Morgan fingerprint density at radius 2 is 1.58 bits per heavy atom. The van der Waals surface area contributed by atoms with Crippen molar-refractivity contribution in [3.05, 3.63) is 12.8 Å². The highest BCUT2D eigenvalue weighted by atomic mass is 16.5. The number of hydrogen-bond acceptors (Lipinski definition) is 3. The molecule has 0 rings (SSSR count). The van der Waals surface area contributed by atoms with Gasteiger partial charge in [0.1, 0.15) is 6.61 Å². The molecule has 0 amide bonds. The van der Waals surface area contributed by atoms with Crippen LogP contribution < -0.4 is 0 Å². The van der Waals surface area contributed by atoms with Crippen molar-refractivity contribution in [2.75, 3.05) is 33.0 Å². The minimum Gasteiger partial charge on any atom is -0.499 e. The molecule has 0 bridgehead atoms. The molecular formula is C9H18O3. The van der Waals surface area contributed by atoms with Crippen molar-refractivity contribution in [2.24, 2.45) is 0 Å². The van der Waals surface area contributed by atoms with Crippen LogP contribution in [0.4, 0.5) is 0 Å². The summed E-state index contributed by atoms with van der Waals surface area (Å²) >= 11 is 0. The van der Waals surface area contributed by atoms with Gasteiger partial charge in [-0.15, -0.1) is 0 Å². The minimum atomic E-state index is 0.567. The smallest absolute Gasteiger partial charge is 0.111 e. The summed E-state index contributed by atoms with van der Waals surface area (Å²) in [5.74, 6) is 0. The fraction of sp³-hybridized carbons (Fsp3) is 0.778. The van der Waals surface area contributed by atoms with Gasteiger partial charge in [-0.25, -0.2) is 0 Å². The van der Waals surface area contributed by atoms with Crippen LogP contribution in [0.2, 0.25) is 0 Å². The Bertz CT molecular complexity index is 93.8. The minimum absolute atomic E-state index is 0.567. The van der Waals surface area contributed by atoms with E-state index in [0.29, 0.717) is 26.4 Å². The van der Waals surface area contributed by atoms with E-state index in [1.807, 2.05) is 0 Å². The lowest BCUT2D eigenvalue weighted by molar-refractivity contribution is 0.0309. The number of hydrogen-bond donors (Lipinski definition) is 0. The van der Waals surface area contributed by atoms with Crippen LogP contribution in [-0.2, 0) is 14.2 Å². The first-order chi connectivity index (χ1) is 5.91. The van der Waals surface area contributed by atoms with Crippen LogP contribution in [0.3, 0.4) is 0 Å². The molecule has 0 aromatic heterocycles. The van der Waals surface area contributed by atoms with Crippen molar-refractivity contribution in [3.63, 3.8) is 0 Å². The Morgan fingerprint density at radius 1 is 1.00 bits per heavy atom. The maximum absolute atomic E-state index is 5.20. The fourth-order valence-electron chi connectivity index (χ4n) is 0.657. The van der Waals surface area contributed by atoms with Gasteiger partial charge in [-0.2, -0.15) is 0 Å². The highest BCUT2D eigenvalue weighted by Crippen LogP contribution is 1.82. The first kappa shape index (κ1) is 11.5. The summed E-state index contributed by atoms with van der Waals surface area (Å²) < 4.78 is 15.2. The standard InChI is InChI=1S/C9H18O3/c1-3-5-11-8-9-12-7-6-10-4-2/h4H,2-3,5-9H2,1H3. The third-order valence-electron chi connectivity index (χ3n) is 1.18. The molecule has 0 unspecified atom stereocenters. The van der Waals surface area contributed by atoms with E-state index < -0.39 is 0 Å². The molecule has 12 heavy (non-hydrogen) atoms. The van der Waals surface area contributed by atoms with Gasteiger partial charge in [-0.1, -0.05) is 13.5 Å². The maximum Gasteiger partial charge on any atom is 0.111 e. The summed E-state index contributed by atoms with van der Waals surface area (Å²) in [5, 5.41) is 0. The SMILES string of the molecule is C=COCCOCCOCCC. The highest BCUT2D eigenvalue weighted by Gasteiger charge is 1.88. The third-order valence-corrected chi connectivity index (χ3v) is 1.18. The topological polar surface area (TPSA) is 27.7 Å². The molecule has 0 saturated heterocycles. The van der Waals surface area contributed by atoms with E-state index in [0.717, 1.165) is 13.0 Å². The van der Waals surface area contributed by atoms with E-state index in [2.05, 4.69) is 13.5 Å². The molecule has 0 spiro atoms. The third kappa shape index (κ3) is 9.46. The predicted octanol–water partition coefficient (Wildman–Crippen LogP) is 1.59. The Kier molecular flexibility index (Phi) is 9.99. The summed E-state index contributed by atoms with van der Waals surface area (Å²) in [6.07, 6.45) is 2.47. The van der Waals surface area contributed by atoms with E-state index in [1.54, 1.807) is 0 Å². The van der Waals surface area contributed by atoms with Crippen LogP contribution >= 0.6 is 0 Å². The van der Waals surface area contributed by atoms with Crippen LogP contribution in [0.5, 0.6) is 0 Å². The lowest BCUT2D eigenvalue weighted by Gasteiger charge is -2.04. The van der Waals surface area contributed by atoms with Gasteiger partial charge in [0.2, 0.25) is 0 Å². The van der Waals surface area contributed by atoms with Crippen LogP contribution in [-0.4, -0.2) is 33.0 Å². The first-order valence-electron chi connectivity index (χ1n) is 4.29. The molecule has 0 aliphatic rings. The average molecular weight is 174 g/mol. The second-order valence-electron chi connectivity index (χ2n) is 2.26. The maximum atomic E-state index is 5.20. The molecule has 0 atom stereocenters. The molecule has 0 aliphatic heterocycles. The zero-order chi connectivity index (χ0) is 9.07. The van der Waals surface area contributed by atoms with Crippen LogP contribution in [0, 0.1) is 0 Å². The average Bonchev–Trinajstić information content (AvgIpc) is 2.10. The molecule has 0 aromatic rings. The molecule has 0 N–H and O–H groups in total. The Hall–Kier alpha value is -0.540. The van der Waals surface area contributed by atoms with Crippen LogP contribution in [0.25, 0.3) is 0 Å². The lowest BCUT2D eigenvalue weighted by Crippen LogP contribution is -2.08. The highest BCUT2D eigenvalue weighted by molar-refractivity contribution is 4.47. The van der Waals surface area contributed by atoms with Gasteiger partial charge < -0.3 is 14.2 Å². The van der Waals surface area contributed by atoms with Gasteiger partial charge in [0.15, 0.2) is 0 Å². The largest absolute Gasteiger partial charge is 0.499 e. The van der Waals surface area contributed by atoms with Crippen molar-refractivity contribution in [1.82, 2.24) is 0 Å². The zero-order valence-corrected chi connectivity index (χ0v) is 7.75. The van der Waals surface area contributed by atoms with Gasteiger partial charge in [0.25, 0.3) is 0 Å². The summed E-state index contributed by atoms with van der Waals surface area (Å²) in [7, 11) is 0. The molecule has 3 nitrogen and oxygen atoms in total. The van der Waals surface area contributed by atoms with Gasteiger partial charge in [-0.05, 0) is 6.42 Å². The first-order valence-corrected chi connectivity index (χ1v) is 4.29. The van der Waals surface area contributed by atoms with Gasteiger partial charge in [0.05, 0.1) is 26.1 Å². The number of ether oxygens (including phenoxy) is 3. The second kappa shape index (κ2) is 10.5. The summed E-state index contributed by atoms with van der Waals surface area (Å²) in [6.45, 7) is 8.78. The molecule has 0 aliphatic carbocycles. The molecule has 72 valence electrons. The van der Waals surface area contributed by atoms with Gasteiger partial charge in [0, 0.05) is 6.61 Å². The second-order valence-corrected chi connectivity index (χ2v) is 2.26. The van der Waals surface area contributed by atoms with E-state index >= 15 is 0 Å². The molecule has 0 heterocycles. The van der Waals surface area contributed by atoms with E-state index in [4.69, 9.17) is 14.2 Å². The van der Waals surface area contributed by atoms with Gasteiger partial charge in [-0.3, -0.25) is 0 Å². The molecular weight excluding hydrogens is 156 g/mol. The monoisotopic (exact) mass is 174 g/mol. The van der Waals surface area contributed by atoms with E-state index in [9.17, 15) is 0 Å². The van der Waals surface area contributed by atoms with Crippen LogP contribution in [0.15, 0.2) is 12.8 Å². The molecule has 0 saturated carbocycles. The van der Waals surface area contributed by atoms with Crippen molar-refractivity contribution in [1.29, 1.82) is 0 Å². The van der Waals surface area contributed by atoms with Crippen molar-refractivity contribution in [3.8, 4) is 0 Å². The van der Waals surface area contributed by atoms with Crippen molar-refractivity contribution in [2.45, 2.75) is 13.3 Å². The fourth-order valence-corrected chi connectivity index (χ4v) is 0.657. The van der Waals surface area contributed by atoms with E-state index in [1.165, 1.54) is 6.26 Å². The van der Waals surface area contributed by atoms with Crippen molar-refractivity contribution < 1.29 is 14.2 Å².